The summed E-state index contributed by atoms with van der Waals surface area (Å²) in [5.74, 6) is 0.344. The molecule has 94 valence electrons. The minimum Gasteiger partial charge on any atom is -0.368 e. The third kappa shape index (κ3) is 3.29. The van der Waals surface area contributed by atoms with Gasteiger partial charge >= 0.3 is 0 Å². The van der Waals surface area contributed by atoms with Gasteiger partial charge in [-0.25, -0.2) is 4.98 Å². The predicted molar refractivity (Wildman–Crippen MR) is 68.9 cm³/mol. The van der Waals surface area contributed by atoms with Gasteiger partial charge < -0.3 is 15.6 Å². The fourth-order valence-corrected chi connectivity index (χ4v) is 1.59. The number of carbonyl (C=O) groups excluding carboxylic acids is 1. The van der Waals surface area contributed by atoms with Crippen molar-refractivity contribution in [3.05, 3.63) is 21.2 Å². The minimum atomic E-state index is -0.585. The van der Waals surface area contributed by atoms with E-state index in [9.17, 15) is 9.59 Å². The number of amides is 1. The number of hydrogen-bond acceptors (Lipinski definition) is 4. The highest BCUT2D eigenvalue weighted by molar-refractivity contribution is 9.10. The first-order chi connectivity index (χ1) is 7.88. The molecule has 0 aliphatic rings. The van der Waals surface area contributed by atoms with Crippen molar-refractivity contribution in [3.8, 4) is 0 Å². The van der Waals surface area contributed by atoms with Crippen molar-refractivity contribution in [3.63, 3.8) is 0 Å². The molecule has 1 amide bonds. The minimum absolute atomic E-state index is 0.0778. The summed E-state index contributed by atoms with van der Waals surface area (Å²) < 4.78 is 0.327. The summed E-state index contributed by atoms with van der Waals surface area (Å²) >= 11 is 3.13. The molecule has 0 fully saturated rings. The van der Waals surface area contributed by atoms with E-state index in [-0.39, 0.29) is 11.5 Å². The van der Waals surface area contributed by atoms with Gasteiger partial charge in [-0.3, -0.25) is 9.59 Å². The van der Waals surface area contributed by atoms with E-state index in [1.165, 1.54) is 6.33 Å². The lowest BCUT2D eigenvalue weighted by atomic mass is 9.92. The summed E-state index contributed by atoms with van der Waals surface area (Å²) in [6.07, 6.45) is 1.31. The number of halogens is 1. The van der Waals surface area contributed by atoms with Gasteiger partial charge in [0.05, 0.1) is 11.7 Å². The topological polar surface area (TPSA) is 86.9 Å². The zero-order valence-electron chi connectivity index (χ0n) is 9.93. The van der Waals surface area contributed by atoms with Crippen molar-refractivity contribution in [2.45, 2.75) is 13.8 Å². The van der Waals surface area contributed by atoms with E-state index < -0.39 is 5.41 Å². The molecule has 0 spiro atoms. The number of nitrogens with zero attached hydrogens (tertiary/aromatic N) is 1. The van der Waals surface area contributed by atoms with E-state index in [1.54, 1.807) is 20.9 Å². The van der Waals surface area contributed by atoms with Crippen molar-refractivity contribution < 1.29 is 4.79 Å². The molecular weight excluding hydrogens is 288 g/mol. The van der Waals surface area contributed by atoms with Crippen molar-refractivity contribution in [1.82, 2.24) is 15.3 Å². The van der Waals surface area contributed by atoms with E-state index in [4.69, 9.17) is 0 Å². The van der Waals surface area contributed by atoms with E-state index in [1.807, 2.05) is 0 Å². The highest BCUT2D eigenvalue weighted by atomic mass is 79.9. The molecule has 0 radical (unpaired) electrons. The van der Waals surface area contributed by atoms with Gasteiger partial charge in [0.15, 0.2) is 0 Å². The second-order valence-corrected chi connectivity index (χ2v) is 5.00. The second kappa shape index (κ2) is 5.31. The lowest BCUT2D eigenvalue weighted by Gasteiger charge is -2.23. The van der Waals surface area contributed by atoms with Crippen LogP contribution in [0.3, 0.4) is 0 Å². The SMILES string of the molecule is CNC(=O)C(C)(C)CNc1nc[nH]c(=O)c1Br. The average molecular weight is 303 g/mol. The van der Waals surface area contributed by atoms with Crippen LogP contribution in [-0.4, -0.2) is 29.5 Å². The molecule has 0 bridgehead atoms. The molecule has 0 saturated carbocycles. The monoisotopic (exact) mass is 302 g/mol. The summed E-state index contributed by atoms with van der Waals surface area (Å²) in [6, 6.07) is 0. The molecule has 7 heteroatoms. The molecule has 0 atom stereocenters. The maximum Gasteiger partial charge on any atom is 0.267 e. The van der Waals surface area contributed by atoms with Crippen LogP contribution in [-0.2, 0) is 4.79 Å². The number of rotatable bonds is 4. The number of carbonyl (C=O) groups is 1. The molecule has 1 aromatic rings. The predicted octanol–water partition coefficient (Wildman–Crippen LogP) is 0.716. The van der Waals surface area contributed by atoms with Crippen LogP contribution in [0.5, 0.6) is 0 Å². The van der Waals surface area contributed by atoms with Crippen LogP contribution in [0.15, 0.2) is 15.6 Å². The van der Waals surface area contributed by atoms with Crippen LogP contribution in [0, 0.1) is 5.41 Å². The third-order valence-corrected chi connectivity index (χ3v) is 3.07. The first-order valence-electron chi connectivity index (χ1n) is 5.07. The fourth-order valence-electron chi connectivity index (χ4n) is 1.23. The van der Waals surface area contributed by atoms with E-state index >= 15 is 0 Å². The number of nitrogens with one attached hydrogen (secondary N) is 3. The third-order valence-electron chi connectivity index (χ3n) is 2.34. The highest BCUT2D eigenvalue weighted by Crippen LogP contribution is 2.19. The summed E-state index contributed by atoms with van der Waals surface area (Å²) in [5.41, 5.74) is -0.849. The molecule has 1 heterocycles. The van der Waals surface area contributed by atoms with Crippen LogP contribution < -0.4 is 16.2 Å². The Labute approximate surface area is 107 Å². The zero-order chi connectivity index (χ0) is 13.1. The molecular formula is C10H15BrN4O2. The first-order valence-corrected chi connectivity index (χ1v) is 5.87. The smallest absolute Gasteiger partial charge is 0.267 e. The lowest BCUT2D eigenvalue weighted by Crippen LogP contribution is -2.39. The van der Waals surface area contributed by atoms with Crippen LogP contribution in [0.4, 0.5) is 5.82 Å². The average Bonchev–Trinajstić information content (AvgIpc) is 2.30. The van der Waals surface area contributed by atoms with Gasteiger partial charge in [-0.05, 0) is 29.8 Å². The zero-order valence-corrected chi connectivity index (χ0v) is 11.5. The molecule has 3 N–H and O–H groups in total. The molecule has 0 saturated heterocycles. The standard InChI is InChI=1S/C10H15BrN4O2/c1-10(2,9(17)12-3)4-13-7-6(11)8(16)15-5-14-7/h5H,4H2,1-3H3,(H,12,17)(H2,13,14,15,16). The number of anilines is 1. The van der Waals surface area contributed by atoms with Crippen molar-refractivity contribution >= 4 is 27.7 Å². The first kappa shape index (κ1) is 13.7. The molecule has 0 aliphatic heterocycles. The summed E-state index contributed by atoms with van der Waals surface area (Å²) in [4.78, 5) is 29.3. The Morgan fingerprint density at radius 1 is 1.59 bits per heavy atom. The Morgan fingerprint density at radius 2 is 2.24 bits per heavy atom. The maximum absolute atomic E-state index is 11.6. The molecule has 1 rings (SSSR count). The van der Waals surface area contributed by atoms with Crippen LogP contribution in [0.25, 0.3) is 0 Å². The quantitative estimate of drug-likeness (QED) is 0.765. The van der Waals surface area contributed by atoms with Gasteiger partial charge in [0.25, 0.3) is 5.56 Å². The van der Waals surface area contributed by atoms with Gasteiger partial charge in [-0.2, -0.15) is 0 Å². The number of aromatic amines is 1. The van der Waals surface area contributed by atoms with Crippen molar-refractivity contribution in [2.75, 3.05) is 18.9 Å². The summed E-state index contributed by atoms with van der Waals surface area (Å²) in [6.45, 7) is 3.99. The molecule has 6 nitrogen and oxygen atoms in total. The summed E-state index contributed by atoms with van der Waals surface area (Å²) in [7, 11) is 1.59. The van der Waals surface area contributed by atoms with Gasteiger partial charge in [0, 0.05) is 13.6 Å². The van der Waals surface area contributed by atoms with Crippen molar-refractivity contribution in [2.24, 2.45) is 5.41 Å². The Hall–Kier alpha value is -1.37. The number of hydrogen-bond donors (Lipinski definition) is 3. The molecule has 0 aromatic carbocycles. The second-order valence-electron chi connectivity index (χ2n) is 4.21. The molecule has 1 aromatic heterocycles. The number of aromatic nitrogens is 2. The van der Waals surface area contributed by atoms with Crippen LogP contribution in [0.2, 0.25) is 0 Å². The van der Waals surface area contributed by atoms with E-state index in [0.717, 1.165) is 0 Å². The normalized spacial score (nSPS) is 11.1. The van der Waals surface area contributed by atoms with E-state index in [2.05, 4.69) is 36.5 Å². The highest BCUT2D eigenvalue weighted by Gasteiger charge is 2.26. The molecule has 0 unspecified atom stereocenters. The fraction of sp³-hybridized carbons (Fsp3) is 0.500. The Kier molecular flexibility index (Phi) is 4.28. The van der Waals surface area contributed by atoms with Crippen LogP contribution >= 0.6 is 15.9 Å². The maximum atomic E-state index is 11.6. The molecule has 0 aliphatic carbocycles. The largest absolute Gasteiger partial charge is 0.368 e. The Morgan fingerprint density at radius 3 is 2.82 bits per heavy atom. The van der Waals surface area contributed by atoms with Gasteiger partial charge in [0.1, 0.15) is 10.3 Å². The summed E-state index contributed by atoms with van der Waals surface area (Å²) in [5, 5.41) is 5.56. The Balaban J connectivity index is 2.77. The van der Waals surface area contributed by atoms with Crippen LogP contribution in [0.1, 0.15) is 13.8 Å². The van der Waals surface area contributed by atoms with Gasteiger partial charge in [-0.15, -0.1) is 0 Å². The van der Waals surface area contributed by atoms with Gasteiger partial charge in [-0.1, -0.05) is 0 Å². The van der Waals surface area contributed by atoms with E-state index in [0.29, 0.717) is 16.8 Å². The Bertz CT molecular complexity index is 470. The molecule has 17 heavy (non-hydrogen) atoms. The van der Waals surface area contributed by atoms with Crippen molar-refractivity contribution in [1.29, 1.82) is 0 Å². The van der Waals surface area contributed by atoms with Gasteiger partial charge in [0.2, 0.25) is 5.91 Å². The number of H-pyrrole nitrogens is 1. The lowest BCUT2D eigenvalue weighted by molar-refractivity contribution is -0.128.